The fourth-order valence-electron chi connectivity index (χ4n) is 2.19. The second-order valence-corrected chi connectivity index (χ2v) is 7.16. The van der Waals surface area contributed by atoms with Gasteiger partial charge in [0.05, 0.1) is 13.2 Å². The minimum atomic E-state index is -3.77. The monoisotopic (exact) mass is 371 g/mol. The quantitative estimate of drug-likeness (QED) is 0.831. The van der Waals surface area contributed by atoms with E-state index >= 15 is 0 Å². The minimum Gasteiger partial charge on any atom is -0.379 e. The zero-order valence-corrected chi connectivity index (χ0v) is 13.6. The lowest BCUT2D eigenvalue weighted by Gasteiger charge is -2.25. The van der Waals surface area contributed by atoms with Crippen LogP contribution in [-0.2, 0) is 15.0 Å². The van der Waals surface area contributed by atoms with Gasteiger partial charge in [-0.15, -0.1) is 0 Å². The van der Waals surface area contributed by atoms with Gasteiger partial charge in [0.15, 0.2) is 0 Å². The Kier molecular flexibility index (Phi) is 4.17. The van der Waals surface area contributed by atoms with Gasteiger partial charge in [-0.1, -0.05) is 28.1 Å². The Hall–Kier alpha value is -1.15. The molecule has 1 aliphatic heterocycles. The summed E-state index contributed by atoms with van der Waals surface area (Å²) in [6, 6.07) is 11.0. The highest BCUT2D eigenvalue weighted by molar-refractivity contribution is 9.10. The first kappa shape index (κ1) is 14.8. The first-order chi connectivity index (χ1) is 10.0. The molecule has 0 aromatic heterocycles. The predicted molar refractivity (Wildman–Crippen MR) is 83.6 cm³/mol. The lowest BCUT2D eigenvalue weighted by molar-refractivity contribution is 0.0698. The van der Waals surface area contributed by atoms with E-state index in [1.54, 1.807) is 12.1 Å². The zero-order chi connectivity index (χ0) is 14.9. The maximum Gasteiger partial charge on any atom is 0.385 e. The van der Waals surface area contributed by atoms with Crippen molar-refractivity contribution in [1.29, 1.82) is 0 Å². The first-order valence-electron chi connectivity index (χ1n) is 6.51. The van der Waals surface area contributed by atoms with Gasteiger partial charge >= 0.3 is 10.3 Å². The number of morpholine rings is 1. The van der Waals surface area contributed by atoms with Crippen molar-refractivity contribution in [2.45, 2.75) is 0 Å². The van der Waals surface area contributed by atoms with Crippen LogP contribution in [0.3, 0.4) is 0 Å². The Morgan fingerprint density at radius 3 is 2.48 bits per heavy atom. The molecule has 0 unspecified atom stereocenters. The first-order valence-corrected chi connectivity index (χ1v) is 8.67. The largest absolute Gasteiger partial charge is 0.385 e. The SMILES string of the molecule is O=S(=O)(Oc1ccc2cc(Br)ccc2c1)N1CCOCC1. The van der Waals surface area contributed by atoms with Crippen LogP contribution in [0.4, 0.5) is 0 Å². The number of halogens is 1. The number of benzene rings is 2. The third-order valence-electron chi connectivity index (χ3n) is 3.26. The third kappa shape index (κ3) is 3.37. The summed E-state index contributed by atoms with van der Waals surface area (Å²) in [5.74, 6) is 0.316. The zero-order valence-electron chi connectivity index (χ0n) is 11.2. The number of hydrogen-bond donors (Lipinski definition) is 0. The average Bonchev–Trinajstić information content (AvgIpc) is 2.48. The highest BCUT2D eigenvalue weighted by Crippen LogP contribution is 2.25. The molecule has 5 nitrogen and oxygen atoms in total. The summed E-state index contributed by atoms with van der Waals surface area (Å²) in [6.07, 6.45) is 0. The summed E-state index contributed by atoms with van der Waals surface area (Å²) in [6.45, 7) is 1.44. The molecular weight excluding hydrogens is 358 g/mol. The van der Waals surface area contributed by atoms with Gasteiger partial charge in [-0.25, -0.2) is 0 Å². The van der Waals surface area contributed by atoms with Crippen molar-refractivity contribution in [3.05, 3.63) is 40.9 Å². The van der Waals surface area contributed by atoms with E-state index in [9.17, 15) is 8.42 Å². The molecule has 0 saturated carbocycles. The molecule has 0 aliphatic carbocycles. The molecule has 2 aromatic rings. The number of hydrogen-bond acceptors (Lipinski definition) is 4. The molecule has 0 bridgehead atoms. The second kappa shape index (κ2) is 5.92. The van der Waals surface area contributed by atoms with E-state index in [1.807, 2.05) is 24.3 Å². The Morgan fingerprint density at radius 1 is 1.05 bits per heavy atom. The lowest BCUT2D eigenvalue weighted by Crippen LogP contribution is -2.42. The molecule has 0 N–H and O–H groups in total. The van der Waals surface area contributed by atoms with Crippen molar-refractivity contribution in [3.63, 3.8) is 0 Å². The van der Waals surface area contributed by atoms with Crippen LogP contribution in [0.15, 0.2) is 40.9 Å². The van der Waals surface area contributed by atoms with E-state index in [0.29, 0.717) is 32.1 Å². The minimum absolute atomic E-state index is 0.316. The smallest absolute Gasteiger partial charge is 0.379 e. The van der Waals surface area contributed by atoms with Crippen LogP contribution in [0.25, 0.3) is 10.8 Å². The predicted octanol–water partition coefficient (Wildman–Crippen LogP) is 2.56. The summed E-state index contributed by atoms with van der Waals surface area (Å²) in [5, 5.41) is 1.94. The van der Waals surface area contributed by atoms with Crippen LogP contribution in [0.5, 0.6) is 5.75 Å². The van der Waals surface area contributed by atoms with E-state index in [0.717, 1.165) is 15.2 Å². The van der Waals surface area contributed by atoms with Crippen molar-refractivity contribution in [2.75, 3.05) is 26.3 Å². The van der Waals surface area contributed by atoms with Gasteiger partial charge in [0, 0.05) is 17.6 Å². The van der Waals surface area contributed by atoms with Gasteiger partial charge < -0.3 is 8.92 Å². The highest BCUT2D eigenvalue weighted by Gasteiger charge is 2.26. The van der Waals surface area contributed by atoms with E-state index in [-0.39, 0.29) is 0 Å². The summed E-state index contributed by atoms with van der Waals surface area (Å²) in [7, 11) is -3.77. The van der Waals surface area contributed by atoms with E-state index in [4.69, 9.17) is 8.92 Å². The van der Waals surface area contributed by atoms with Crippen molar-refractivity contribution in [3.8, 4) is 5.75 Å². The molecule has 7 heteroatoms. The Morgan fingerprint density at radius 2 is 1.71 bits per heavy atom. The van der Waals surface area contributed by atoms with Crippen LogP contribution in [0.1, 0.15) is 0 Å². The van der Waals surface area contributed by atoms with Crippen LogP contribution in [-0.4, -0.2) is 39.0 Å². The Labute approximate surface area is 131 Å². The molecule has 1 aliphatic rings. The maximum absolute atomic E-state index is 12.2. The standard InChI is InChI=1S/C14H14BrNO4S/c15-13-3-1-12-10-14(4-2-11(12)9-13)20-21(17,18)16-5-7-19-8-6-16/h1-4,9-10H,5-8H2. The molecule has 1 heterocycles. The van der Waals surface area contributed by atoms with E-state index in [2.05, 4.69) is 15.9 Å². The number of fused-ring (bicyclic) bond motifs is 1. The molecule has 112 valence electrons. The fourth-order valence-corrected chi connectivity index (χ4v) is 3.62. The van der Waals surface area contributed by atoms with Gasteiger partial charge in [-0.3, -0.25) is 0 Å². The van der Waals surface area contributed by atoms with Crippen LogP contribution < -0.4 is 4.18 Å². The maximum atomic E-state index is 12.2. The van der Waals surface area contributed by atoms with Crippen LogP contribution >= 0.6 is 15.9 Å². The summed E-state index contributed by atoms with van der Waals surface area (Å²) in [5.41, 5.74) is 0. The summed E-state index contributed by atoms with van der Waals surface area (Å²) >= 11 is 3.41. The van der Waals surface area contributed by atoms with E-state index < -0.39 is 10.3 Å². The number of ether oxygens (including phenoxy) is 1. The van der Waals surface area contributed by atoms with Crippen molar-refractivity contribution in [1.82, 2.24) is 4.31 Å². The van der Waals surface area contributed by atoms with E-state index in [1.165, 1.54) is 4.31 Å². The van der Waals surface area contributed by atoms with Crippen LogP contribution in [0.2, 0.25) is 0 Å². The van der Waals surface area contributed by atoms with Crippen molar-refractivity contribution >= 4 is 37.0 Å². The normalized spacial score (nSPS) is 17.0. The van der Waals surface area contributed by atoms with Gasteiger partial charge in [0.2, 0.25) is 0 Å². The van der Waals surface area contributed by atoms with Gasteiger partial charge in [0.25, 0.3) is 0 Å². The highest BCUT2D eigenvalue weighted by atomic mass is 79.9. The second-order valence-electron chi connectivity index (χ2n) is 4.71. The fraction of sp³-hybridized carbons (Fsp3) is 0.286. The Balaban J connectivity index is 1.85. The molecule has 2 aromatic carbocycles. The molecule has 0 spiro atoms. The van der Waals surface area contributed by atoms with Gasteiger partial charge in [-0.05, 0) is 35.0 Å². The van der Waals surface area contributed by atoms with Gasteiger partial charge in [-0.2, -0.15) is 12.7 Å². The molecule has 0 amide bonds. The number of nitrogens with zero attached hydrogens (tertiary/aromatic N) is 1. The van der Waals surface area contributed by atoms with Crippen molar-refractivity contribution in [2.24, 2.45) is 0 Å². The van der Waals surface area contributed by atoms with Gasteiger partial charge in [0.1, 0.15) is 5.75 Å². The van der Waals surface area contributed by atoms with Crippen molar-refractivity contribution < 1.29 is 17.3 Å². The molecule has 0 atom stereocenters. The molecule has 1 fully saturated rings. The molecule has 1 saturated heterocycles. The average molecular weight is 372 g/mol. The number of rotatable bonds is 3. The Bertz CT molecular complexity index is 757. The summed E-state index contributed by atoms with van der Waals surface area (Å²) < 4.78 is 37.0. The summed E-state index contributed by atoms with van der Waals surface area (Å²) in [4.78, 5) is 0. The molecule has 21 heavy (non-hydrogen) atoms. The molecule has 0 radical (unpaired) electrons. The molecule has 3 rings (SSSR count). The molecular formula is C14H14BrNO4S. The topological polar surface area (TPSA) is 55.8 Å². The van der Waals surface area contributed by atoms with Crippen LogP contribution in [0, 0.1) is 0 Å². The third-order valence-corrected chi connectivity index (χ3v) is 5.16. The lowest BCUT2D eigenvalue weighted by atomic mass is 10.1.